The maximum absolute atomic E-state index is 12.1. The molecule has 0 fully saturated rings. The van der Waals surface area contributed by atoms with Crippen LogP contribution in [0.4, 0.5) is 13.2 Å². The number of nitrogens with zero attached hydrogens (tertiary/aromatic N) is 2. The molecule has 0 saturated carbocycles. The van der Waals surface area contributed by atoms with E-state index in [1.54, 1.807) is 28.9 Å². The third-order valence-corrected chi connectivity index (χ3v) is 3.20. The summed E-state index contributed by atoms with van der Waals surface area (Å²) in [7, 11) is 0. The van der Waals surface area contributed by atoms with Gasteiger partial charge in [-0.2, -0.15) is 0 Å². The first-order valence-corrected chi connectivity index (χ1v) is 6.89. The molecule has 1 aromatic carbocycles. The van der Waals surface area contributed by atoms with Crippen molar-refractivity contribution in [3.63, 3.8) is 0 Å². The van der Waals surface area contributed by atoms with Crippen LogP contribution in [0.15, 0.2) is 48.8 Å². The van der Waals surface area contributed by atoms with E-state index in [2.05, 4.69) is 9.72 Å². The summed E-state index contributed by atoms with van der Waals surface area (Å²) in [6.45, 7) is 0.167. The van der Waals surface area contributed by atoms with E-state index in [0.29, 0.717) is 22.1 Å². The fourth-order valence-electron chi connectivity index (χ4n) is 2.02. The summed E-state index contributed by atoms with van der Waals surface area (Å²) >= 11 is 5.99. The highest BCUT2D eigenvalue weighted by Gasteiger charge is 2.30. The first kappa shape index (κ1) is 15.5. The summed E-state index contributed by atoms with van der Waals surface area (Å²) in [4.78, 5) is 4.12. The number of hydrogen-bond acceptors (Lipinski definition) is 3. The zero-order chi connectivity index (χ0) is 16.4. The van der Waals surface area contributed by atoms with Crippen molar-refractivity contribution in [1.82, 2.24) is 9.38 Å². The van der Waals surface area contributed by atoms with Crippen molar-refractivity contribution in [3.8, 4) is 11.6 Å². The number of ether oxygens (including phenoxy) is 2. The van der Waals surface area contributed by atoms with Gasteiger partial charge in [-0.1, -0.05) is 23.7 Å². The van der Waals surface area contributed by atoms with Crippen LogP contribution in [-0.2, 0) is 6.61 Å². The van der Waals surface area contributed by atoms with Crippen LogP contribution in [0.3, 0.4) is 0 Å². The van der Waals surface area contributed by atoms with Gasteiger partial charge >= 0.3 is 6.36 Å². The summed E-state index contributed by atoms with van der Waals surface area (Å²) in [5.74, 6) is 0.210. The van der Waals surface area contributed by atoms with Gasteiger partial charge in [-0.15, -0.1) is 13.2 Å². The fraction of sp³-hybridized carbons (Fsp3) is 0.133. The highest BCUT2D eigenvalue weighted by atomic mass is 35.5. The van der Waals surface area contributed by atoms with Crippen molar-refractivity contribution in [2.45, 2.75) is 13.0 Å². The summed E-state index contributed by atoms with van der Waals surface area (Å²) in [5, 5.41) is 0.479. The minimum absolute atomic E-state index is 0.167. The third kappa shape index (κ3) is 3.87. The zero-order valence-corrected chi connectivity index (χ0v) is 12.3. The second-order valence-electron chi connectivity index (χ2n) is 4.65. The fourth-order valence-corrected chi connectivity index (χ4v) is 2.21. The van der Waals surface area contributed by atoms with Gasteiger partial charge < -0.3 is 9.47 Å². The lowest BCUT2D eigenvalue weighted by molar-refractivity contribution is -0.274. The second kappa shape index (κ2) is 6.00. The van der Waals surface area contributed by atoms with Gasteiger partial charge in [0.1, 0.15) is 18.0 Å². The van der Waals surface area contributed by atoms with Crippen LogP contribution in [0, 0.1) is 0 Å². The molecular weight excluding hydrogens is 333 g/mol. The number of pyridine rings is 1. The Bertz CT molecular complexity index is 816. The van der Waals surface area contributed by atoms with E-state index >= 15 is 0 Å². The normalized spacial score (nSPS) is 11.7. The van der Waals surface area contributed by atoms with Crippen molar-refractivity contribution in [2.75, 3.05) is 0 Å². The number of benzene rings is 1. The Balaban J connectivity index is 1.71. The average molecular weight is 343 g/mol. The minimum atomic E-state index is -4.70. The van der Waals surface area contributed by atoms with Gasteiger partial charge in [-0.25, -0.2) is 4.98 Å². The molecule has 0 N–H and O–H groups in total. The Kier molecular flexibility index (Phi) is 4.04. The van der Waals surface area contributed by atoms with E-state index in [4.69, 9.17) is 16.3 Å². The molecule has 0 aliphatic heterocycles. The van der Waals surface area contributed by atoms with Crippen molar-refractivity contribution in [2.24, 2.45) is 0 Å². The number of halogens is 4. The summed E-state index contributed by atoms with van der Waals surface area (Å²) in [5.41, 5.74) is 1.33. The lowest BCUT2D eigenvalue weighted by Crippen LogP contribution is -2.17. The van der Waals surface area contributed by atoms with Crippen LogP contribution in [-0.4, -0.2) is 15.7 Å². The molecule has 0 saturated heterocycles. The van der Waals surface area contributed by atoms with Crippen molar-refractivity contribution < 1.29 is 22.6 Å². The van der Waals surface area contributed by atoms with Gasteiger partial charge in [0.25, 0.3) is 0 Å². The van der Waals surface area contributed by atoms with Crippen molar-refractivity contribution in [3.05, 3.63) is 59.4 Å². The molecule has 0 radical (unpaired) electrons. The van der Waals surface area contributed by atoms with E-state index in [1.165, 1.54) is 24.3 Å². The molecule has 3 rings (SSSR count). The molecule has 0 spiro atoms. The molecule has 0 aliphatic rings. The molecule has 0 aliphatic carbocycles. The molecule has 120 valence electrons. The Morgan fingerprint density at radius 1 is 1.13 bits per heavy atom. The molecule has 2 heterocycles. The highest BCUT2D eigenvalue weighted by Crippen LogP contribution is 2.24. The first-order valence-electron chi connectivity index (χ1n) is 6.51. The third-order valence-electron chi connectivity index (χ3n) is 2.98. The van der Waals surface area contributed by atoms with E-state index < -0.39 is 6.36 Å². The maximum Gasteiger partial charge on any atom is 0.573 e. The molecule has 0 bridgehead atoms. The minimum Gasteiger partial charge on any atom is -0.474 e. The number of fused-ring (bicyclic) bond motifs is 1. The lowest BCUT2D eigenvalue weighted by Gasteiger charge is -2.11. The predicted molar refractivity (Wildman–Crippen MR) is 77.7 cm³/mol. The van der Waals surface area contributed by atoms with Crippen LogP contribution in [0.25, 0.3) is 5.65 Å². The van der Waals surface area contributed by atoms with E-state index in [1.807, 2.05) is 0 Å². The number of alkyl halides is 3. The van der Waals surface area contributed by atoms with Crippen LogP contribution in [0.1, 0.15) is 5.56 Å². The van der Waals surface area contributed by atoms with Gasteiger partial charge in [-0.05, 0) is 17.7 Å². The number of rotatable bonds is 4. The SMILES string of the molecule is FC(F)(F)Oc1ccc(COc2cc(Cl)cc3nccn23)cc1. The molecular formula is C15H10ClF3N2O2. The maximum atomic E-state index is 12.1. The predicted octanol–water partition coefficient (Wildman–Crippen LogP) is 4.47. The van der Waals surface area contributed by atoms with E-state index in [0.717, 1.165) is 0 Å². The molecule has 0 atom stereocenters. The second-order valence-corrected chi connectivity index (χ2v) is 5.08. The monoisotopic (exact) mass is 342 g/mol. The van der Waals surface area contributed by atoms with Gasteiger partial charge in [0, 0.05) is 29.5 Å². The Hall–Kier alpha value is -2.41. The van der Waals surface area contributed by atoms with Gasteiger partial charge in [0.15, 0.2) is 0 Å². The summed E-state index contributed by atoms with van der Waals surface area (Å²) in [6.07, 6.45) is -1.37. The Labute approximate surface area is 134 Å². The van der Waals surface area contributed by atoms with Crippen molar-refractivity contribution >= 4 is 17.2 Å². The van der Waals surface area contributed by atoms with E-state index in [9.17, 15) is 13.2 Å². The van der Waals surface area contributed by atoms with Crippen LogP contribution in [0.2, 0.25) is 5.02 Å². The first-order chi connectivity index (χ1) is 10.9. The zero-order valence-electron chi connectivity index (χ0n) is 11.5. The topological polar surface area (TPSA) is 35.8 Å². The Morgan fingerprint density at radius 2 is 1.87 bits per heavy atom. The smallest absolute Gasteiger partial charge is 0.474 e. The lowest BCUT2D eigenvalue weighted by atomic mass is 10.2. The van der Waals surface area contributed by atoms with Gasteiger partial charge in [0.2, 0.25) is 5.88 Å². The summed E-state index contributed by atoms with van der Waals surface area (Å²) in [6, 6.07) is 8.79. The van der Waals surface area contributed by atoms with Crippen LogP contribution >= 0.6 is 11.6 Å². The summed E-state index contributed by atoms with van der Waals surface area (Å²) < 4.78 is 47.5. The molecule has 23 heavy (non-hydrogen) atoms. The molecule has 8 heteroatoms. The quantitative estimate of drug-likeness (QED) is 0.702. The molecule has 2 aromatic heterocycles. The standard InChI is InChI=1S/C15H10ClF3N2O2/c16-11-7-13-20-5-6-21(13)14(8-11)22-9-10-1-3-12(4-2-10)23-15(17,18)19/h1-8H,9H2. The van der Waals surface area contributed by atoms with Gasteiger partial charge in [-0.3, -0.25) is 4.40 Å². The van der Waals surface area contributed by atoms with E-state index in [-0.39, 0.29) is 12.4 Å². The molecule has 3 aromatic rings. The van der Waals surface area contributed by atoms with Crippen molar-refractivity contribution in [1.29, 1.82) is 0 Å². The molecule has 0 unspecified atom stereocenters. The number of imidazole rings is 1. The largest absolute Gasteiger partial charge is 0.573 e. The highest BCUT2D eigenvalue weighted by molar-refractivity contribution is 6.31. The number of hydrogen-bond donors (Lipinski definition) is 0. The van der Waals surface area contributed by atoms with Crippen LogP contribution in [0.5, 0.6) is 11.6 Å². The number of aromatic nitrogens is 2. The van der Waals surface area contributed by atoms with Crippen LogP contribution < -0.4 is 9.47 Å². The average Bonchev–Trinajstić information content (AvgIpc) is 2.92. The molecule has 4 nitrogen and oxygen atoms in total. The van der Waals surface area contributed by atoms with Gasteiger partial charge in [0.05, 0.1) is 0 Å². The Morgan fingerprint density at radius 3 is 2.57 bits per heavy atom. The molecule has 0 amide bonds.